The second kappa shape index (κ2) is 2.76. The highest BCUT2D eigenvalue weighted by Gasteiger charge is 2.20. The monoisotopic (exact) mass is 203 g/mol. The molecule has 76 valence electrons. The van der Waals surface area contributed by atoms with Crippen LogP contribution < -0.4 is 4.74 Å². The van der Waals surface area contributed by atoms with Gasteiger partial charge in [0.2, 0.25) is 0 Å². The van der Waals surface area contributed by atoms with Gasteiger partial charge >= 0.3 is 5.97 Å². The Hall–Kier alpha value is -1.97. The van der Waals surface area contributed by atoms with Crippen molar-refractivity contribution in [3.63, 3.8) is 0 Å². The van der Waals surface area contributed by atoms with E-state index in [2.05, 4.69) is 0 Å². The standard InChI is InChI=1S/C11H9NO3/c13-11(14)8-2-1-7-3-4-12-5-6-15-10(8)9(7)12/h1-4H,5-6H2,(H,13,14). The topological polar surface area (TPSA) is 51.5 Å². The average molecular weight is 203 g/mol. The zero-order valence-corrected chi connectivity index (χ0v) is 7.93. The number of aromatic nitrogens is 1. The maximum absolute atomic E-state index is 11.0. The molecule has 0 bridgehead atoms. The predicted molar refractivity (Wildman–Crippen MR) is 54.4 cm³/mol. The third kappa shape index (κ3) is 1.05. The molecule has 0 amide bonds. The maximum atomic E-state index is 11.0. The lowest BCUT2D eigenvalue weighted by molar-refractivity contribution is 0.0692. The first kappa shape index (κ1) is 8.35. The molecular formula is C11H9NO3. The van der Waals surface area contributed by atoms with E-state index in [1.807, 2.05) is 22.9 Å². The summed E-state index contributed by atoms with van der Waals surface area (Å²) in [5.41, 5.74) is 1.13. The molecule has 1 aromatic heterocycles. The first-order chi connectivity index (χ1) is 7.27. The molecule has 1 aliphatic rings. The lowest BCUT2D eigenvalue weighted by atomic mass is 10.1. The van der Waals surface area contributed by atoms with E-state index in [-0.39, 0.29) is 5.56 Å². The fourth-order valence-corrected chi connectivity index (χ4v) is 2.01. The van der Waals surface area contributed by atoms with Crippen LogP contribution in [0.4, 0.5) is 0 Å². The molecule has 0 spiro atoms. The number of aromatic carboxylic acids is 1. The van der Waals surface area contributed by atoms with Crippen molar-refractivity contribution in [2.45, 2.75) is 6.54 Å². The highest BCUT2D eigenvalue weighted by Crippen LogP contribution is 2.33. The molecule has 2 heterocycles. The molecule has 0 aliphatic carbocycles. The first-order valence-corrected chi connectivity index (χ1v) is 4.75. The van der Waals surface area contributed by atoms with E-state index in [1.54, 1.807) is 6.07 Å². The number of carbonyl (C=O) groups is 1. The molecule has 2 aromatic rings. The van der Waals surface area contributed by atoms with Crippen LogP contribution in [0.15, 0.2) is 24.4 Å². The van der Waals surface area contributed by atoms with Gasteiger partial charge in [-0.05, 0) is 12.1 Å². The van der Waals surface area contributed by atoms with Gasteiger partial charge in [0.1, 0.15) is 12.2 Å². The summed E-state index contributed by atoms with van der Waals surface area (Å²) in [4.78, 5) is 11.0. The van der Waals surface area contributed by atoms with E-state index >= 15 is 0 Å². The number of ether oxygens (including phenoxy) is 1. The fraction of sp³-hybridized carbons (Fsp3) is 0.182. The van der Waals surface area contributed by atoms with Crippen molar-refractivity contribution in [1.82, 2.24) is 4.57 Å². The molecule has 0 fully saturated rings. The molecule has 0 atom stereocenters. The van der Waals surface area contributed by atoms with Crippen LogP contribution in [-0.2, 0) is 6.54 Å². The highest BCUT2D eigenvalue weighted by atomic mass is 16.5. The molecule has 3 rings (SSSR count). The maximum Gasteiger partial charge on any atom is 0.339 e. The molecule has 0 saturated carbocycles. The van der Waals surface area contributed by atoms with E-state index < -0.39 is 5.97 Å². The number of nitrogens with zero attached hydrogens (tertiary/aromatic N) is 1. The minimum Gasteiger partial charge on any atom is -0.489 e. The third-order valence-electron chi connectivity index (χ3n) is 2.69. The van der Waals surface area contributed by atoms with Crippen LogP contribution in [0.25, 0.3) is 10.9 Å². The summed E-state index contributed by atoms with van der Waals surface area (Å²) >= 11 is 0. The van der Waals surface area contributed by atoms with Crippen molar-refractivity contribution in [3.8, 4) is 5.75 Å². The molecular weight excluding hydrogens is 194 g/mol. The minimum atomic E-state index is -0.943. The molecule has 1 aliphatic heterocycles. The van der Waals surface area contributed by atoms with Gasteiger partial charge in [0.25, 0.3) is 0 Å². The Balaban J connectivity index is 2.42. The van der Waals surface area contributed by atoms with Crippen molar-refractivity contribution >= 4 is 16.9 Å². The summed E-state index contributed by atoms with van der Waals surface area (Å²) in [6, 6.07) is 5.38. The number of benzene rings is 1. The van der Waals surface area contributed by atoms with Crippen LogP contribution in [0, 0.1) is 0 Å². The van der Waals surface area contributed by atoms with Gasteiger partial charge in [-0.15, -0.1) is 0 Å². The Morgan fingerprint density at radius 2 is 2.27 bits per heavy atom. The van der Waals surface area contributed by atoms with Crippen molar-refractivity contribution in [2.75, 3.05) is 6.61 Å². The van der Waals surface area contributed by atoms with E-state index in [9.17, 15) is 4.79 Å². The van der Waals surface area contributed by atoms with E-state index in [1.165, 1.54) is 0 Å². The molecule has 1 aromatic carbocycles. The number of rotatable bonds is 1. The van der Waals surface area contributed by atoms with Crippen molar-refractivity contribution in [1.29, 1.82) is 0 Å². The van der Waals surface area contributed by atoms with Crippen LogP contribution in [0.1, 0.15) is 10.4 Å². The van der Waals surface area contributed by atoms with Gasteiger partial charge in [0, 0.05) is 11.6 Å². The van der Waals surface area contributed by atoms with Crippen LogP contribution in [0.5, 0.6) is 5.75 Å². The summed E-state index contributed by atoms with van der Waals surface area (Å²) < 4.78 is 7.47. The minimum absolute atomic E-state index is 0.238. The summed E-state index contributed by atoms with van der Waals surface area (Å²) in [6.45, 7) is 1.31. The Kier molecular flexibility index (Phi) is 1.54. The van der Waals surface area contributed by atoms with Crippen molar-refractivity contribution in [3.05, 3.63) is 30.0 Å². The average Bonchev–Trinajstić information content (AvgIpc) is 2.64. The van der Waals surface area contributed by atoms with Crippen molar-refractivity contribution in [2.24, 2.45) is 0 Å². The first-order valence-electron chi connectivity index (χ1n) is 4.75. The number of carboxylic acids is 1. The van der Waals surface area contributed by atoms with Crippen LogP contribution >= 0.6 is 0 Å². The lowest BCUT2D eigenvalue weighted by Crippen LogP contribution is -2.15. The van der Waals surface area contributed by atoms with Gasteiger partial charge in [-0.1, -0.05) is 6.07 Å². The molecule has 0 unspecified atom stereocenters. The van der Waals surface area contributed by atoms with Gasteiger partial charge in [-0.3, -0.25) is 0 Å². The van der Waals surface area contributed by atoms with Gasteiger partial charge in [0.05, 0.1) is 12.1 Å². The second-order valence-electron chi connectivity index (χ2n) is 3.54. The number of hydrogen-bond donors (Lipinski definition) is 1. The predicted octanol–water partition coefficient (Wildman–Crippen LogP) is 1.73. The zero-order valence-electron chi connectivity index (χ0n) is 7.93. The van der Waals surface area contributed by atoms with E-state index in [0.29, 0.717) is 12.4 Å². The molecule has 0 radical (unpaired) electrons. The molecule has 4 heteroatoms. The Morgan fingerprint density at radius 1 is 1.40 bits per heavy atom. The Bertz CT molecular complexity index is 556. The summed E-state index contributed by atoms with van der Waals surface area (Å²) in [6.07, 6.45) is 1.96. The van der Waals surface area contributed by atoms with Crippen LogP contribution in [0.3, 0.4) is 0 Å². The van der Waals surface area contributed by atoms with Gasteiger partial charge in [-0.25, -0.2) is 4.79 Å². The molecule has 1 N–H and O–H groups in total. The van der Waals surface area contributed by atoms with Crippen molar-refractivity contribution < 1.29 is 14.6 Å². The second-order valence-corrected chi connectivity index (χ2v) is 3.54. The normalized spacial score (nSPS) is 13.9. The fourth-order valence-electron chi connectivity index (χ4n) is 2.01. The van der Waals surface area contributed by atoms with Gasteiger partial charge in [0.15, 0.2) is 5.75 Å². The zero-order chi connectivity index (χ0) is 10.4. The Morgan fingerprint density at radius 3 is 3.07 bits per heavy atom. The highest BCUT2D eigenvalue weighted by molar-refractivity contribution is 5.99. The summed E-state index contributed by atoms with van der Waals surface area (Å²) in [5.74, 6) is -0.446. The lowest BCUT2D eigenvalue weighted by Gasteiger charge is -2.18. The Labute approximate surface area is 85.7 Å². The van der Waals surface area contributed by atoms with Crippen LogP contribution in [-0.4, -0.2) is 22.2 Å². The molecule has 4 nitrogen and oxygen atoms in total. The summed E-state index contributed by atoms with van der Waals surface area (Å²) in [5, 5.41) is 10.0. The van der Waals surface area contributed by atoms with E-state index in [4.69, 9.17) is 9.84 Å². The quantitative estimate of drug-likeness (QED) is 0.767. The molecule has 0 saturated heterocycles. The van der Waals surface area contributed by atoms with Gasteiger partial charge in [-0.2, -0.15) is 0 Å². The number of hydrogen-bond acceptors (Lipinski definition) is 2. The number of carboxylic acid groups (broad SMARTS) is 1. The summed E-state index contributed by atoms with van der Waals surface area (Å²) in [7, 11) is 0. The van der Waals surface area contributed by atoms with Gasteiger partial charge < -0.3 is 14.4 Å². The van der Waals surface area contributed by atoms with Crippen LogP contribution in [0.2, 0.25) is 0 Å². The molecule has 15 heavy (non-hydrogen) atoms. The smallest absolute Gasteiger partial charge is 0.339 e. The third-order valence-corrected chi connectivity index (χ3v) is 2.69. The SMILES string of the molecule is O=C(O)c1ccc2ccn3c2c1OCC3. The largest absolute Gasteiger partial charge is 0.489 e. The van der Waals surface area contributed by atoms with E-state index in [0.717, 1.165) is 17.4 Å².